The first-order chi connectivity index (χ1) is 14.3. The van der Waals surface area contributed by atoms with E-state index in [4.69, 9.17) is 11.6 Å². The largest absolute Gasteiger partial charge is 0.357 e. The molecule has 1 fully saturated rings. The molecule has 1 saturated heterocycles. The van der Waals surface area contributed by atoms with E-state index in [2.05, 4.69) is 15.7 Å². The number of aryl methyl sites for hydroxylation is 1. The van der Waals surface area contributed by atoms with Gasteiger partial charge in [-0.25, -0.2) is 4.68 Å². The minimum Gasteiger partial charge on any atom is -0.357 e. The predicted octanol–water partition coefficient (Wildman–Crippen LogP) is 1.54. The van der Waals surface area contributed by atoms with Crippen molar-refractivity contribution in [2.45, 2.75) is 39.2 Å². The summed E-state index contributed by atoms with van der Waals surface area (Å²) in [5.74, 6) is -0.686. The lowest BCUT2D eigenvalue weighted by molar-refractivity contribution is -0.138. The minimum atomic E-state index is -0.457. The molecule has 1 aromatic heterocycles. The summed E-state index contributed by atoms with van der Waals surface area (Å²) in [5, 5.41) is 10.4. The summed E-state index contributed by atoms with van der Waals surface area (Å²) in [6.45, 7) is 4.15. The van der Waals surface area contributed by atoms with Crippen LogP contribution in [0.4, 0.5) is 0 Å². The highest BCUT2D eigenvalue weighted by Crippen LogP contribution is 2.20. The second-order valence-electron chi connectivity index (χ2n) is 7.35. The van der Waals surface area contributed by atoms with Crippen molar-refractivity contribution in [2.24, 2.45) is 0 Å². The molecule has 2 heterocycles. The zero-order valence-electron chi connectivity index (χ0n) is 17.4. The van der Waals surface area contributed by atoms with E-state index < -0.39 is 6.04 Å². The van der Waals surface area contributed by atoms with Crippen LogP contribution in [0.25, 0.3) is 5.69 Å². The summed E-state index contributed by atoms with van der Waals surface area (Å²) in [5.41, 5.74) is 3.29. The van der Waals surface area contributed by atoms with Crippen LogP contribution in [0.2, 0.25) is 5.02 Å². The number of benzene rings is 1. The fourth-order valence-corrected chi connectivity index (χ4v) is 3.89. The Labute approximate surface area is 180 Å². The number of carbonyl (C=O) groups excluding carboxylic acids is 3. The van der Waals surface area contributed by atoms with Gasteiger partial charge in [0.25, 0.3) is 0 Å². The van der Waals surface area contributed by atoms with Crippen LogP contribution < -0.4 is 10.6 Å². The number of aromatic nitrogens is 2. The molecule has 160 valence electrons. The molecule has 0 radical (unpaired) electrons. The monoisotopic (exact) mass is 431 g/mol. The first-order valence-electron chi connectivity index (χ1n) is 9.90. The number of nitrogens with zero attached hydrogens (tertiary/aromatic N) is 3. The molecule has 0 bridgehead atoms. The van der Waals surface area contributed by atoms with Gasteiger partial charge in [-0.1, -0.05) is 11.6 Å². The van der Waals surface area contributed by atoms with Crippen molar-refractivity contribution in [3.05, 3.63) is 46.2 Å². The molecule has 1 aromatic carbocycles. The lowest BCUT2D eigenvalue weighted by atomic mass is 10.1. The Balaban J connectivity index is 1.62. The Morgan fingerprint density at radius 1 is 1.20 bits per heavy atom. The highest BCUT2D eigenvalue weighted by molar-refractivity contribution is 6.30. The Morgan fingerprint density at radius 3 is 2.57 bits per heavy atom. The Kier molecular flexibility index (Phi) is 6.77. The summed E-state index contributed by atoms with van der Waals surface area (Å²) in [4.78, 5) is 38.4. The normalized spacial score (nSPS) is 15.9. The van der Waals surface area contributed by atoms with Crippen LogP contribution in [-0.2, 0) is 20.8 Å². The molecule has 3 amide bonds. The molecule has 9 heteroatoms. The van der Waals surface area contributed by atoms with Crippen molar-refractivity contribution >= 4 is 29.3 Å². The third kappa shape index (κ3) is 4.64. The van der Waals surface area contributed by atoms with Gasteiger partial charge in [-0.05, 0) is 51.0 Å². The molecule has 0 saturated carbocycles. The van der Waals surface area contributed by atoms with E-state index in [-0.39, 0.29) is 30.7 Å². The molecule has 0 aliphatic carbocycles. The zero-order valence-corrected chi connectivity index (χ0v) is 18.1. The second-order valence-corrected chi connectivity index (χ2v) is 7.79. The lowest BCUT2D eigenvalue weighted by Crippen LogP contribution is -2.48. The number of hydrogen-bond donors (Lipinski definition) is 2. The van der Waals surface area contributed by atoms with E-state index >= 15 is 0 Å². The highest BCUT2D eigenvalue weighted by atomic mass is 35.5. The van der Waals surface area contributed by atoms with Crippen LogP contribution in [0.15, 0.2) is 24.3 Å². The van der Waals surface area contributed by atoms with Crippen LogP contribution in [0.5, 0.6) is 0 Å². The Bertz CT molecular complexity index is 954. The van der Waals surface area contributed by atoms with Gasteiger partial charge < -0.3 is 15.5 Å². The number of halogens is 1. The van der Waals surface area contributed by atoms with E-state index in [0.29, 0.717) is 18.0 Å². The minimum absolute atomic E-state index is 0.122. The summed E-state index contributed by atoms with van der Waals surface area (Å²) < 4.78 is 1.78. The van der Waals surface area contributed by atoms with Gasteiger partial charge in [0, 0.05) is 29.9 Å². The number of nitrogens with one attached hydrogen (secondary N) is 2. The van der Waals surface area contributed by atoms with Gasteiger partial charge in [-0.3, -0.25) is 14.4 Å². The second kappa shape index (κ2) is 9.30. The van der Waals surface area contributed by atoms with Crippen LogP contribution in [0.1, 0.15) is 29.8 Å². The molecule has 2 N–H and O–H groups in total. The highest BCUT2D eigenvalue weighted by Gasteiger charge is 2.33. The van der Waals surface area contributed by atoms with Crippen LogP contribution in [0.3, 0.4) is 0 Å². The molecule has 1 atom stereocenters. The van der Waals surface area contributed by atoms with Gasteiger partial charge in [0.05, 0.1) is 24.3 Å². The first-order valence-corrected chi connectivity index (χ1v) is 10.3. The quantitative estimate of drug-likeness (QED) is 0.725. The van der Waals surface area contributed by atoms with Crippen molar-refractivity contribution in [2.75, 3.05) is 20.1 Å². The van der Waals surface area contributed by atoms with Crippen molar-refractivity contribution < 1.29 is 14.4 Å². The van der Waals surface area contributed by atoms with Crippen molar-refractivity contribution in [3.8, 4) is 5.69 Å². The summed E-state index contributed by atoms with van der Waals surface area (Å²) in [6, 6.07) is 6.85. The molecule has 0 spiro atoms. The fourth-order valence-electron chi connectivity index (χ4n) is 3.77. The molecular weight excluding hydrogens is 406 g/mol. The van der Waals surface area contributed by atoms with E-state index in [1.807, 2.05) is 26.0 Å². The number of hydrogen-bond acceptors (Lipinski definition) is 4. The topological polar surface area (TPSA) is 96.3 Å². The van der Waals surface area contributed by atoms with Gasteiger partial charge in [-0.2, -0.15) is 5.10 Å². The molecule has 2 aromatic rings. The molecule has 1 aliphatic heterocycles. The maximum atomic E-state index is 12.5. The number of amides is 3. The lowest BCUT2D eigenvalue weighted by Gasteiger charge is -2.23. The maximum Gasteiger partial charge on any atom is 0.242 e. The van der Waals surface area contributed by atoms with Crippen molar-refractivity contribution in [1.82, 2.24) is 25.3 Å². The molecule has 3 rings (SSSR count). The fraction of sp³-hybridized carbons (Fsp3) is 0.429. The van der Waals surface area contributed by atoms with E-state index in [1.165, 1.54) is 4.90 Å². The Morgan fingerprint density at radius 2 is 1.90 bits per heavy atom. The third-order valence-corrected chi connectivity index (χ3v) is 5.66. The summed E-state index contributed by atoms with van der Waals surface area (Å²) in [7, 11) is 1.56. The van der Waals surface area contributed by atoms with Gasteiger partial charge in [0.15, 0.2) is 0 Å². The summed E-state index contributed by atoms with van der Waals surface area (Å²) >= 11 is 5.95. The predicted molar refractivity (Wildman–Crippen MR) is 114 cm³/mol. The SMILES string of the molecule is CNC(=O)C1CCCN1C(=O)CNC(=O)Cc1c(C)nn(-c2ccc(Cl)cc2)c1C. The molecule has 1 unspecified atom stereocenters. The molecule has 1 aliphatic rings. The first kappa shape index (κ1) is 21.8. The van der Waals surface area contributed by atoms with Gasteiger partial charge in [-0.15, -0.1) is 0 Å². The van der Waals surface area contributed by atoms with Crippen LogP contribution in [-0.4, -0.2) is 58.6 Å². The molecular formula is C21H26ClN5O3. The number of likely N-dealkylation sites (tertiary alicyclic amines) is 1. The standard InChI is InChI=1S/C21H26ClN5O3/c1-13-17(14(2)27(25-13)16-8-6-15(22)7-9-16)11-19(28)24-12-20(29)26-10-4-5-18(26)21(30)23-3/h6-9,18H,4-5,10-12H2,1-3H3,(H,23,30)(H,24,28). The van der Waals surface area contributed by atoms with Crippen LogP contribution in [0, 0.1) is 13.8 Å². The smallest absolute Gasteiger partial charge is 0.242 e. The number of carbonyl (C=O) groups is 3. The van der Waals surface area contributed by atoms with Gasteiger partial charge >= 0.3 is 0 Å². The van der Waals surface area contributed by atoms with Crippen molar-refractivity contribution in [3.63, 3.8) is 0 Å². The van der Waals surface area contributed by atoms with Gasteiger partial charge in [0.2, 0.25) is 17.7 Å². The molecule has 8 nitrogen and oxygen atoms in total. The van der Waals surface area contributed by atoms with Crippen LogP contribution >= 0.6 is 11.6 Å². The van der Waals surface area contributed by atoms with E-state index in [1.54, 1.807) is 23.9 Å². The average Bonchev–Trinajstić information content (AvgIpc) is 3.33. The van der Waals surface area contributed by atoms with E-state index in [0.717, 1.165) is 29.1 Å². The van der Waals surface area contributed by atoms with Gasteiger partial charge in [0.1, 0.15) is 6.04 Å². The third-order valence-electron chi connectivity index (χ3n) is 5.41. The van der Waals surface area contributed by atoms with Crippen molar-refractivity contribution in [1.29, 1.82) is 0 Å². The molecule has 30 heavy (non-hydrogen) atoms. The average molecular weight is 432 g/mol. The Hall–Kier alpha value is -2.87. The van der Waals surface area contributed by atoms with E-state index in [9.17, 15) is 14.4 Å². The maximum absolute atomic E-state index is 12.5. The zero-order chi connectivity index (χ0) is 21.8. The number of likely N-dealkylation sites (N-methyl/N-ethyl adjacent to an activating group) is 1. The number of rotatable bonds is 6. The summed E-state index contributed by atoms with van der Waals surface area (Å²) in [6.07, 6.45) is 1.54.